The maximum atomic E-state index is 11.8. The smallest absolute Gasteiger partial charge is 0.226 e. The summed E-state index contributed by atoms with van der Waals surface area (Å²) in [6, 6.07) is 13.0. The molecule has 0 aliphatic heterocycles. The van der Waals surface area contributed by atoms with Gasteiger partial charge in [-0.3, -0.25) is 4.79 Å². The van der Waals surface area contributed by atoms with Gasteiger partial charge in [-0.15, -0.1) is 10.2 Å². The van der Waals surface area contributed by atoms with Crippen LogP contribution in [0.5, 0.6) is 5.75 Å². The van der Waals surface area contributed by atoms with Gasteiger partial charge in [0, 0.05) is 11.6 Å². The molecule has 6 heteroatoms. The van der Waals surface area contributed by atoms with Gasteiger partial charge in [-0.2, -0.15) is 4.80 Å². The minimum absolute atomic E-state index is 0.0214. The van der Waals surface area contributed by atoms with Gasteiger partial charge < -0.3 is 10.1 Å². The van der Waals surface area contributed by atoms with Crippen molar-refractivity contribution in [2.24, 2.45) is 5.92 Å². The fraction of sp³-hybridized carbons (Fsp3) is 0.235. The van der Waals surface area contributed by atoms with Gasteiger partial charge in [-0.25, -0.2) is 0 Å². The first-order valence-electron chi connectivity index (χ1n) is 7.39. The Morgan fingerprint density at radius 3 is 2.43 bits per heavy atom. The number of rotatable bonds is 4. The fourth-order valence-electron chi connectivity index (χ4n) is 2.11. The Labute approximate surface area is 134 Å². The Bertz CT molecular complexity index is 837. The topological polar surface area (TPSA) is 69.0 Å². The van der Waals surface area contributed by atoms with Crippen molar-refractivity contribution in [1.82, 2.24) is 15.0 Å². The summed E-state index contributed by atoms with van der Waals surface area (Å²) in [4.78, 5) is 13.3. The van der Waals surface area contributed by atoms with E-state index >= 15 is 0 Å². The van der Waals surface area contributed by atoms with E-state index in [1.54, 1.807) is 11.9 Å². The number of carbonyl (C=O) groups is 1. The van der Waals surface area contributed by atoms with Crippen LogP contribution in [-0.4, -0.2) is 28.0 Å². The van der Waals surface area contributed by atoms with Gasteiger partial charge >= 0.3 is 0 Å². The normalized spacial score (nSPS) is 11.0. The number of nitrogens with one attached hydrogen (secondary N) is 1. The molecule has 0 radical (unpaired) electrons. The predicted octanol–water partition coefficient (Wildman–Crippen LogP) is 3.02. The van der Waals surface area contributed by atoms with E-state index in [1.807, 2.05) is 56.3 Å². The van der Waals surface area contributed by atoms with Crippen LogP contribution in [0, 0.1) is 5.92 Å². The first-order chi connectivity index (χ1) is 11.1. The van der Waals surface area contributed by atoms with Crippen LogP contribution in [0.25, 0.3) is 16.7 Å². The number of hydrogen-bond donors (Lipinski definition) is 1. The van der Waals surface area contributed by atoms with Crippen molar-refractivity contribution >= 4 is 22.6 Å². The first-order valence-corrected chi connectivity index (χ1v) is 7.39. The molecule has 0 atom stereocenters. The molecule has 6 nitrogen and oxygen atoms in total. The Kier molecular flexibility index (Phi) is 3.97. The van der Waals surface area contributed by atoms with Crippen LogP contribution in [0.2, 0.25) is 0 Å². The molecule has 0 aliphatic carbocycles. The Hall–Kier alpha value is -2.89. The number of hydrogen-bond acceptors (Lipinski definition) is 4. The monoisotopic (exact) mass is 310 g/mol. The molecule has 3 rings (SSSR count). The molecule has 23 heavy (non-hydrogen) atoms. The zero-order valence-electron chi connectivity index (χ0n) is 13.3. The van der Waals surface area contributed by atoms with Crippen molar-refractivity contribution in [2.45, 2.75) is 13.8 Å². The second kappa shape index (κ2) is 6.08. The maximum Gasteiger partial charge on any atom is 0.226 e. The molecule has 1 N–H and O–H groups in total. The molecular formula is C17H18N4O2. The third kappa shape index (κ3) is 3.15. The van der Waals surface area contributed by atoms with E-state index in [4.69, 9.17) is 4.74 Å². The van der Waals surface area contributed by atoms with Gasteiger partial charge in [0.05, 0.1) is 12.8 Å². The Balaban J connectivity index is 1.90. The first kappa shape index (κ1) is 15.0. The molecule has 0 spiro atoms. The van der Waals surface area contributed by atoms with E-state index in [-0.39, 0.29) is 11.8 Å². The van der Waals surface area contributed by atoms with E-state index in [1.165, 1.54) is 0 Å². The quantitative estimate of drug-likeness (QED) is 0.804. The fourth-order valence-corrected chi connectivity index (χ4v) is 2.11. The van der Waals surface area contributed by atoms with Crippen LogP contribution < -0.4 is 10.1 Å². The van der Waals surface area contributed by atoms with Gasteiger partial charge in [0.1, 0.15) is 16.8 Å². The molecule has 0 fully saturated rings. The zero-order valence-corrected chi connectivity index (χ0v) is 13.3. The van der Waals surface area contributed by atoms with Crippen molar-refractivity contribution < 1.29 is 9.53 Å². The Morgan fingerprint density at radius 2 is 1.78 bits per heavy atom. The number of ether oxygens (including phenoxy) is 1. The number of carbonyl (C=O) groups excluding carboxylic acids is 1. The van der Waals surface area contributed by atoms with Crippen molar-refractivity contribution in [3.05, 3.63) is 42.5 Å². The van der Waals surface area contributed by atoms with E-state index < -0.39 is 0 Å². The van der Waals surface area contributed by atoms with Gasteiger partial charge in [0.15, 0.2) is 0 Å². The third-order valence-corrected chi connectivity index (χ3v) is 3.48. The van der Waals surface area contributed by atoms with Crippen LogP contribution in [0.15, 0.2) is 42.5 Å². The average molecular weight is 310 g/mol. The highest BCUT2D eigenvalue weighted by atomic mass is 16.5. The second-order valence-electron chi connectivity index (χ2n) is 5.53. The summed E-state index contributed by atoms with van der Waals surface area (Å²) in [6.45, 7) is 3.71. The van der Waals surface area contributed by atoms with E-state index in [0.717, 1.165) is 28.2 Å². The summed E-state index contributed by atoms with van der Waals surface area (Å²) in [5.74, 6) is 0.691. The summed E-state index contributed by atoms with van der Waals surface area (Å²) < 4.78 is 5.15. The minimum atomic E-state index is -0.0688. The number of amides is 1. The maximum absolute atomic E-state index is 11.8. The lowest BCUT2D eigenvalue weighted by molar-refractivity contribution is -0.118. The van der Waals surface area contributed by atoms with Gasteiger partial charge in [0.25, 0.3) is 0 Å². The van der Waals surface area contributed by atoms with Gasteiger partial charge in [-0.1, -0.05) is 13.8 Å². The Morgan fingerprint density at radius 1 is 1.09 bits per heavy atom. The molecule has 0 saturated carbocycles. The summed E-state index contributed by atoms with van der Waals surface area (Å²) in [6.07, 6.45) is 0. The molecule has 3 aromatic rings. The summed E-state index contributed by atoms with van der Waals surface area (Å²) >= 11 is 0. The number of aromatic nitrogens is 3. The number of benzene rings is 2. The third-order valence-electron chi connectivity index (χ3n) is 3.48. The van der Waals surface area contributed by atoms with Crippen molar-refractivity contribution in [1.29, 1.82) is 0 Å². The summed E-state index contributed by atoms with van der Waals surface area (Å²) in [7, 11) is 1.63. The van der Waals surface area contributed by atoms with Crippen LogP contribution in [-0.2, 0) is 4.79 Å². The lowest BCUT2D eigenvalue weighted by Crippen LogP contribution is -2.17. The largest absolute Gasteiger partial charge is 0.497 e. The number of nitrogens with zero attached hydrogens (tertiary/aromatic N) is 3. The van der Waals surface area contributed by atoms with Crippen molar-refractivity contribution in [3.8, 4) is 11.4 Å². The van der Waals surface area contributed by atoms with Crippen LogP contribution in [0.4, 0.5) is 5.69 Å². The molecule has 2 aromatic carbocycles. The molecule has 1 aromatic heterocycles. The van der Waals surface area contributed by atoms with Crippen molar-refractivity contribution in [2.75, 3.05) is 12.4 Å². The average Bonchev–Trinajstić information content (AvgIpc) is 2.98. The van der Waals surface area contributed by atoms with Crippen LogP contribution >= 0.6 is 0 Å². The molecular weight excluding hydrogens is 292 g/mol. The van der Waals surface area contributed by atoms with E-state index in [9.17, 15) is 4.79 Å². The zero-order chi connectivity index (χ0) is 16.4. The number of anilines is 1. The van der Waals surface area contributed by atoms with E-state index in [0.29, 0.717) is 0 Å². The van der Waals surface area contributed by atoms with Crippen LogP contribution in [0.1, 0.15) is 13.8 Å². The standard InChI is InChI=1S/C17H18N4O2/c1-11(2)17(22)18-12-4-9-15-16(10-12)20-21(19-15)13-5-7-14(23-3)8-6-13/h4-11H,1-3H3,(H,18,22). The van der Waals surface area contributed by atoms with Crippen LogP contribution in [0.3, 0.4) is 0 Å². The lowest BCUT2D eigenvalue weighted by atomic mass is 10.2. The minimum Gasteiger partial charge on any atom is -0.497 e. The second-order valence-corrected chi connectivity index (χ2v) is 5.53. The molecule has 0 bridgehead atoms. The summed E-state index contributed by atoms with van der Waals surface area (Å²) in [5, 5.41) is 11.8. The highest BCUT2D eigenvalue weighted by Crippen LogP contribution is 2.19. The van der Waals surface area contributed by atoms with Crippen molar-refractivity contribution in [3.63, 3.8) is 0 Å². The lowest BCUT2D eigenvalue weighted by Gasteiger charge is -2.06. The highest BCUT2D eigenvalue weighted by molar-refractivity contribution is 5.94. The molecule has 118 valence electrons. The molecule has 1 amide bonds. The number of fused-ring (bicyclic) bond motifs is 1. The highest BCUT2D eigenvalue weighted by Gasteiger charge is 2.10. The molecule has 0 unspecified atom stereocenters. The summed E-state index contributed by atoms with van der Waals surface area (Å²) in [5.41, 5.74) is 3.05. The van der Waals surface area contributed by atoms with E-state index in [2.05, 4.69) is 15.5 Å². The van der Waals surface area contributed by atoms with Gasteiger partial charge in [0.2, 0.25) is 5.91 Å². The molecule has 0 saturated heterocycles. The SMILES string of the molecule is COc1ccc(-n2nc3ccc(NC(=O)C(C)C)cc3n2)cc1. The molecule has 0 aliphatic rings. The molecule has 1 heterocycles. The predicted molar refractivity (Wildman–Crippen MR) is 88.9 cm³/mol. The van der Waals surface area contributed by atoms with Gasteiger partial charge in [-0.05, 0) is 42.5 Å². The number of methoxy groups -OCH3 is 1.